The van der Waals surface area contributed by atoms with Crippen LogP contribution >= 0.6 is 0 Å². The number of anilines is 1. The van der Waals surface area contributed by atoms with Crippen molar-refractivity contribution in [1.29, 1.82) is 0 Å². The van der Waals surface area contributed by atoms with Crippen molar-refractivity contribution < 1.29 is 4.79 Å². The molecule has 1 atom stereocenters. The van der Waals surface area contributed by atoms with Gasteiger partial charge in [0.2, 0.25) is 0 Å². The first-order valence-electron chi connectivity index (χ1n) is 8.69. The van der Waals surface area contributed by atoms with Crippen LogP contribution in [0.25, 0.3) is 5.52 Å². The van der Waals surface area contributed by atoms with Gasteiger partial charge >= 0.3 is 5.69 Å². The summed E-state index contributed by atoms with van der Waals surface area (Å²) in [6.07, 6.45) is 4.20. The molecule has 1 aliphatic heterocycles. The maximum Gasteiger partial charge on any atom is 0.332 e. The quantitative estimate of drug-likeness (QED) is 0.688. The van der Waals surface area contributed by atoms with Crippen molar-refractivity contribution in [2.45, 2.75) is 12.5 Å². The zero-order valence-corrected chi connectivity index (χ0v) is 15.1. The van der Waals surface area contributed by atoms with Gasteiger partial charge in [0.15, 0.2) is 0 Å². The van der Waals surface area contributed by atoms with Gasteiger partial charge in [-0.3, -0.25) is 18.7 Å². The smallest absolute Gasteiger partial charge is 0.332 e. The summed E-state index contributed by atoms with van der Waals surface area (Å²) in [4.78, 5) is 42.7. The summed E-state index contributed by atoms with van der Waals surface area (Å²) in [6, 6.07) is 6.91. The number of carbonyl (C=O) groups excluding carboxylic acids is 1. The van der Waals surface area contributed by atoms with Gasteiger partial charge in [0.1, 0.15) is 11.5 Å². The van der Waals surface area contributed by atoms with Crippen molar-refractivity contribution in [2.24, 2.45) is 14.1 Å². The Bertz CT molecular complexity index is 1140. The molecule has 0 bridgehead atoms. The van der Waals surface area contributed by atoms with Crippen molar-refractivity contribution in [1.82, 2.24) is 23.8 Å². The normalized spacial score (nSPS) is 16.8. The molecule has 0 aliphatic carbocycles. The van der Waals surface area contributed by atoms with Gasteiger partial charge in [-0.25, -0.2) is 9.78 Å². The molecule has 4 heterocycles. The van der Waals surface area contributed by atoms with Crippen molar-refractivity contribution in [2.75, 3.05) is 18.0 Å². The maximum absolute atomic E-state index is 12.5. The molecule has 1 saturated heterocycles. The third-order valence-corrected chi connectivity index (χ3v) is 5.00. The highest BCUT2D eigenvalue weighted by molar-refractivity contribution is 5.93. The lowest BCUT2D eigenvalue weighted by Gasteiger charge is -2.21. The SMILES string of the molecule is Cn1c(N2CC[C@H](NC(=O)c3cc4cccn4cn3)C2)cc(=O)n(C)c1=O. The van der Waals surface area contributed by atoms with E-state index in [9.17, 15) is 14.4 Å². The monoisotopic (exact) mass is 368 g/mol. The van der Waals surface area contributed by atoms with Gasteiger partial charge < -0.3 is 14.6 Å². The second kappa shape index (κ2) is 6.42. The molecule has 3 aromatic rings. The number of nitrogens with zero attached hydrogens (tertiary/aromatic N) is 5. The van der Waals surface area contributed by atoms with E-state index >= 15 is 0 Å². The number of amides is 1. The Morgan fingerprint density at radius 1 is 1.22 bits per heavy atom. The molecular weight excluding hydrogens is 348 g/mol. The molecule has 27 heavy (non-hydrogen) atoms. The number of fused-ring (bicyclic) bond motifs is 1. The largest absolute Gasteiger partial charge is 0.356 e. The predicted octanol–water partition coefficient (Wildman–Crippen LogP) is -0.260. The minimum atomic E-state index is -0.366. The Morgan fingerprint density at radius 3 is 2.85 bits per heavy atom. The topological polar surface area (TPSA) is 93.6 Å². The Kier molecular flexibility index (Phi) is 4.06. The van der Waals surface area contributed by atoms with E-state index in [1.54, 1.807) is 19.4 Å². The summed E-state index contributed by atoms with van der Waals surface area (Å²) in [6.45, 7) is 1.18. The van der Waals surface area contributed by atoms with Crippen LogP contribution in [0.5, 0.6) is 0 Å². The lowest BCUT2D eigenvalue weighted by Crippen LogP contribution is -2.41. The van der Waals surface area contributed by atoms with E-state index in [2.05, 4.69) is 10.3 Å². The molecule has 0 aromatic carbocycles. The number of aromatic nitrogens is 4. The predicted molar refractivity (Wildman–Crippen MR) is 100 cm³/mol. The Morgan fingerprint density at radius 2 is 2.04 bits per heavy atom. The molecule has 9 heteroatoms. The fourth-order valence-electron chi connectivity index (χ4n) is 3.43. The van der Waals surface area contributed by atoms with Crippen molar-refractivity contribution in [3.63, 3.8) is 0 Å². The van der Waals surface area contributed by atoms with E-state index in [0.717, 1.165) is 16.5 Å². The van der Waals surface area contributed by atoms with Gasteiger partial charge in [0.25, 0.3) is 11.5 Å². The molecule has 0 unspecified atom stereocenters. The molecule has 3 aromatic heterocycles. The summed E-state index contributed by atoms with van der Waals surface area (Å²) in [5.74, 6) is 0.330. The van der Waals surface area contributed by atoms with Gasteiger partial charge in [-0.05, 0) is 24.6 Å². The molecule has 0 saturated carbocycles. The Balaban J connectivity index is 1.49. The molecule has 1 amide bonds. The van der Waals surface area contributed by atoms with Crippen LogP contribution in [-0.4, -0.2) is 43.6 Å². The van der Waals surface area contributed by atoms with Crippen LogP contribution < -0.4 is 21.5 Å². The average molecular weight is 368 g/mol. The fourth-order valence-corrected chi connectivity index (χ4v) is 3.43. The Labute approximate surface area is 154 Å². The second-order valence-corrected chi connectivity index (χ2v) is 6.76. The lowest BCUT2D eigenvalue weighted by atomic mass is 10.2. The summed E-state index contributed by atoms with van der Waals surface area (Å²) < 4.78 is 4.36. The van der Waals surface area contributed by atoms with Gasteiger partial charge in [0.05, 0.1) is 6.33 Å². The number of hydrogen-bond acceptors (Lipinski definition) is 5. The number of hydrogen-bond donors (Lipinski definition) is 1. The van der Waals surface area contributed by atoms with Gasteiger partial charge in [-0.15, -0.1) is 0 Å². The first-order chi connectivity index (χ1) is 12.9. The molecule has 9 nitrogen and oxygen atoms in total. The van der Waals surface area contributed by atoms with Crippen LogP contribution in [0.15, 0.2) is 46.4 Å². The van der Waals surface area contributed by atoms with Crippen molar-refractivity contribution in [3.05, 3.63) is 63.3 Å². The average Bonchev–Trinajstić information content (AvgIpc) is 3.31. The zero-order chi connectivity index (χ0) is 19.1. The molecule has 1 fully saturated rings. The van der Waals surface area contributed by atoms with Crippen LogP contribution in [0, 0.1) is 0 Å². The van der Waals surface area contributed by atoms with Crippen molar-refractivity contribution >= 4 is 17.2 Å². The molecule has 0 spiro atoms. The highest BCUT2D eigenvalue weighted by Gasteiger charge is 2.26. The molecule has 0 radical (unpaired) electrons. The van der Waals surface area contributed by atoms with E-state index in [1.165, 1.54) is 17.7 Å². The molecule has 4 rings (SSSR count). The number of carbonyl (C=O) groups is 1. The molecule has 1 aliphatic rings. The van der Waals surface area contributed by atoms with E-state index in [-0.39, 0.29) is 23.2 Å². The van der Waals surface area contributed by atoms with E-state index < -0.39 is 0 Å². The van der Waals surface area contributed by atoms with Crippen LogP contribution in [0.3, 0.4) is 0 Å². The van der Waals surface area contributed by atoms with Gasteiger partial charge in [0, 0.05) is 51.0 Å². The second-order valence-electron chi connectivity index (χ2n) is 6.76. The zero-order valence-electron chi connectivity index (χ0n) is 15.1. The third kappa shape index (κ3) is 3.01. The highest BCUT2D eigenvalue weighted by Crippen LogP contribution is 2.17. The van der Waals surface area contributed by atoms with Gasteiger partial charge in [-0.2, -0.15) is 0 Å². The highest BCUT2D eigenvalue weighted by atomic mass is 16.2. The summed E-state index contributed by atoms with van der Waals surface area (Å²) in [5.41, 5.74) is 0.555. The van der Waals surface area contributed by atoms with E-state index in [0.29, 0.717) is 24.6 Å². The van der Waals surface area contributed by atoms with E-state index in [1.807, 2.05) is 27.6 Å². The van der Waals surface area contributed by atoms with Crippen molar-refractivity contribution in [3.8, 4) is 0 Å². The fraction of sp³-hybridized carbons (Fsp3) is 0.333. The summed E-state index contributed by atoms with van der Waals surface area (Å²) in [7, 11) is 3.09. The number of nitrogens with one attached hydrogen (secondary N) is 1. The lowest BCUT2D eigenvalue weighted by molar-refractivity contribution is 0.0935. The number of rotatable bonds is 3. The van der Waals surface area contributed by atoms with Crippen LogP contribution in [0.4, 0.5) is 5.82 Å². The first kappa shape index (κ1) is 17.1. The molecule has 1 N–H and O–H groups in total. The minimum absolute atomic E-state index is 0.0820. The molecular formula is C18H20N6O3. The summed E-state index contributed by atoms with van der Waals surface area (Å²) >= 11 is 0. The van der Waals surface area contributed by atoms with Gasteiger partial charge in [-0.1, -0.05) is 0 Å². The molecule has 140 valence electrons. The summed E-state index contributed by atoms with van der Waals surface area (Å²) in [5, 5.41) is 2.99. The first-order valence-corrected chi connectivity index (χ1v) is 8.69. The van der Waals surface area contributed by atoms with Crippen LogP contribution in [0.1, 0.15) is 16.9 Å². The van der Waals surface area contributed by atoms with E-state index in [4.69, 9.17) is 0 Å². The van der Waals surface area contributed by atoms with Crippen LogP contribution in [0.2, 0.25) is 0 Å². The Hall–Kier alpha value is -3.36. The maximum atomic E-state index is 12.5. The standard InChI is InChI=1S/C18H20N6O3/c1-21-15(9-16(25)22(2)18(21)27)23-7-5-12(10-23)20-17(26)14-8-13-4-3-6-24(13)11-19-14/h3-4,6,8-9,11-12H,5,7,10H2,1-2H3,(H,20,26)/t12-/m0/s1. The van der Waals surface area contributed by atoms with Crippen LogP contribution in [-0.2, 0) is 14.1 Å². The minimum Gasteiger partial charge on any atom is -0.356 e. The third-order valence-electron chi connectivity index (χ3n) is 5.00.